The number of hydrogen-bond acceptors (Lipinski definition) is 3. The highest BCUT2D eigenvalue weighted by Crippen LogP contribution is 2.49. The Morgan fingerprint density at radius 2 is 1.51 bits per heavy atom. The summed E-state index contributed by atoms with van der Waals surface area (Å²) in [6, 6.07) is 24.2. The van der Waals surface area contributed by atoms with E-state index in [1.807, 2.05) is 30.7 Å². The number of fused-ring (bicyclic) bond motifs is 16. The van der Waals surface area contributed by atoms with Gasteiger partial charge >= 0.3 is 0 Å². The maximum Gasteiger partial charge on any atom is 0.148 e. The van der Waals surface area contributed by atoms with Crippen LogP contribution in [0.3, 0.4) is 0 Å². The molecule has 0 bridgehead atoms. The summed E-state index contributed by atoms with van der Waals surface area (Å²) in [5.41, 5.74) is 16.4. The highest BCUT2D eigenvalue weighted by molar-refractivity contribution is 6.12. The fraction of sp³-hybridized carbons (Fsp3) is 0.0645. The minimum absolute atomic E-state index is 0.919. The van der Waals surface area contributed by atoms with Gasteiger partial charge < -0.3 is 0 Å². The molecule has 4 heterocycles. The van der Waals surface area contributed by atoms with Crippen LogP contribution in [0.2, 0.25) is 0 Å². The zero-order valence-corrected chi connectivity index (χ0v) is 18.8. The van der Waals surface area contributed by atoms with Crippen molar-refractivity contribution in [2.45, 2.75) is 12.8 Å². The van der Waals surface area contributed by atoms with E-state index in [2.05, 4.69) is 64.0 Å². The number of hydrogen-bond donors (Lipinski definition) is 0. The average molecular weight is 447 g/mol. The van der Waals surface area contributed by atoms with E-state index in [4.69, 9.17) is 9.97 Å². The van der Waals surface area contributed by atoms with Gasteiger partial charge in [-0.3, -0.25) is 14.4 Å². The van der Waals surface area contributed by atoms with Gasteiger partial charge in [-0.25, -0.2) is 4.98 Å². The minimum atomic E-state index is 0.919. The van der Waals surface area contributed by atoms with Crippen molar-refractivity contribution in [3.63, 3.8) is 0 Å². The lowest BCUT2D eigenvalue weighted by atomic mass is 9.95. The molecule has 4 heteroatoms. The highest BCUT2D eigenvalue weighted by atomic mass is 15.0. The molecule has 0 saturated carbocycles. The van der Waals surface area contributed by atoms with Crippen molar-refractivity contribution in [1.29, 1.82) is 0 Å². The molecule has 4 nitrogen and oxygen atoms in total. The molecule has 3 aromatic carbocycles. The molecule has 0 N–H and O–H groups in total. The first-order chi connectivity index (χ1) is 17.4. The van der Waals surface area contributed by atoms with Crippen LogP contribution < -0.4 is 0 Å². The Kier molecular flexibility index (Phi) is 3.11. The van der Waals surface area contributed by atoms with Crippen molar-refractivity contribution >= 4 is 38.5 Å². The zero-order valence-electron chi connectivity index (χ0n) is 18.8. The quantitative estimate of drug-likeness (QED) is 0.243. The van der Waals surface area contributed by atoms with Crippen LogP contribution in [-0.2, 0) is 12.8 Å². The van der Waals surface area contributed by atoms with E-state index in [9.17, 15) is 0 Å². The Bertz CT molecular complexity index is 2070. The third-order valence-electron chi connectivity index (χ3n) is 7.99. The maximum absolute atomic E-state index is 5.28. The zero-order chi connectivity index (χ0) is 22.7. The van der Waals surface area contributed by atoms with Crippen molar-refractivity contribution < 1.29 is 0 Å². The molecular weight excluding hydrogens is 428 g/mol. The number of imidazole rings is 1. The first kappa shape index (κ1) is 17.8. The Morgan fingerprint density at radius 1 is 0.629 bits per heavy atom. The standard InChI is InChI=1S/C31H18N4/c1-2-5-19-17(4-1)14-23-20(19)8-7-18-15-24-21(28(18)23)9-10-27-30(24)34-31-25-16-32-13-11-22(25)29-26(35(27)31)6-3-12-33-29/h1-13,16H,14-15H2. The SMILES string of the molecule is c1ccc2c(c1)Cc1c-2ccc2c1-c1ccc3c(nc4c5cnccc5c5ncccc5n34)c1C2. The molecule has 35 heavy (non-hydrogen) atoms. The average Bonchev–Trinajstić information content (AvgIpc) is 3.59. The van der Waals surface area contributed by atoms with Gasteiger partial charge in [0.15, 0.2) is 0 Å². The van der Waals surface area contributed by atoms with Gasteiger partial charge in [-0.15, -0.1) is 0 Å². The summed E-state index contributed by atoms with van der Waals surface area (Å²) in [4.78, 5) is 14.4. The van der Waals surface area contributed by atoms with E-state index in [1.54, 1.807) is 0 Å². The molecule has 9 rings (SSSR count). The van der Waals surface area contributed by atoms with Gasteiger partial charge in [0, 0.05) is 35.8 Å². The summed E-state index contributed by atoms with van der Waals surface area (Å²) in [7, 11) is 0. The third kappa shape index (κ3) is 2.11. The first-order valence-corrected chi connectivity index (χ1v) is 12.0. The van der Waals surface area contributed by atoms with Gasteiger partial charge in [0.1, 0.15) is 5.65 Å². The lowest BCUT2D eigenvalue weighted by molar-refractivity contribution is 1.24. The van der Waals surface area contributed by atoms with Gasteiger partial charge in [-0.05, 0) is 75.2 Å². The minimum Gasteiger partial charge on any atom is -0.290 e. The fourth-order valence-electron chi connectivity index (χ4n) is 6.53. The van der Waals surface area contributed by atoms with Crippen molar-refractivity contribution in [2.75, 3.05) is 0 Å². The van der Waals surface area contributed by atoms with Crippen molar-refractivity contribution in [3.05, 3.63) is 108 Å². The van der Waals surface area contributed by atoms with Crippen molar-refractivity contribution in [1.82, 2.24) is 19.4 Å². The molecule has 4 aromatic heterocycles. The van der Waals surface area contributed by atoms with Gasteiger partial charge in [0.25, 0.3) is 0 Å². The molecule has 0 aliphatic heterocycles. The van der Waals surface area contributed by atoms with E-state index < -0.39 is 0 Å². The predicted molar refractivity (Wildman–Crippen MR) is 140 cm³/mol. The van der Waals surface area contributed by atoms with Gasteiger partial charge in [0.2, 0.25) is 0 Å². The van der Waals surface area contributed by atoms with E-state index in [1.165, 1.54) is 44.5 Å². The molecule has 0 saturated heterocycles. The molecular formula is C31H18N4. The second kappa shape index (κ2) is 6.10. The number of aromatic nitrogens is 4. The normalized spacial score (nSPS) is 13.5. The molecule has 2 aliphatic rings. The monoisotopic (exact) mass is 446 g/mol. The van der Waals surface area contributed by atoms with Gasteiger partial charge in [-0.2, -0.15) is 0 Å². The molecule has 0 unspecified atom stereocenters. The second-order valence-electron chi connectivity index (χ2n) is 9.66. The summed E-state index contributed by atoms with van der Waals surface area (Å²) in [5, 5.41) is 2.13. The lowest BCUT2D eigenvalue weighted by Gasteiger charge is -2.09. The van der Waals surface area contributed by atoms with Crippen LogP contribution in [0.25, 0.3) is 60.7 Å². The molecule has 2 aliphatic carbocycles. The third-order valence-corrected chi connectivity index (χ3v) is 7.99. The summed E-state index contributed by atoms with van der Waals surface area (Å²) in [6.07, 6.45) is 7.54. The number of rotatable bonds is 0. The largest absolute Gasteiger partial charge is 0.290 e. The summed E-state index contributed by atoms with van der Waals surface area (Å²) in [6.45, 7) is 0. The number of pyridine rings is 3. The molecule has 0 radical (unpaired) electrons. The summed E-state index contributed by atoms with van der Waals surface area (Å²) >= 11 is 0. The van der Waals surface area contributed by atoms with Crippen LogP contribution >= 0.6 is 0 Å². The van der Waals surface area contributed by atoms with Crippen molar-refractivity contribution in [3.8, 4) is 22.3 Å². The molecule has 0 amide bonds. The topological polar surface area (TPSA) is 43.1 Å². The predicted octanol–water partition coefficient (Wildman–Crippen LogP) is 6.73. The Labute approximate surface area is 200 Å². The van der Waals surface area contributed by atoms with Crippen LogP contribution in [0.15, 0.2) is 85.3 Å². The highest BCUT2D eigenvalue weighted by Gasteiger charge is 2.30. The Balaban J connectivity index is 1.39. The second-order valence-corrected chi connectivity index (χ2v) is 9.66. The van der Waals surface area contributed by atoms with Crippen LogP contribution in [0.4, 0.5) is 0 Å². The van der Waals surface area contributed by atoms with Crippen LogP contribution in [0.1, 0.15) is 22.3 Å². The first-order valence-electron chi connectivity index (χ1n) is 12.0. The lowest BCUT2D eigenvalue weighted by Crippen LogP contribution is -1.93. The van der Waals surface area contributed by atoms with Crippen LogP contribution in [0, 0.1) is 0 Å². The molecule has 0 atom stereocenters. The number of nitrogens with zero attached hydrogens (tertiary/aromatic N) is 4. The van der Waals surface area contributed by atoms with Crippen LogP contribution in [-0.4, -0.2) is 19.4 Å². The fourth-order valence-corrected chi connectivity index (χ4v) is 6.53. The smallest absolute Gasteiger partial charge is 0.148 e. The summed E-state index contributed by atoms with van der Waals surface area (Å²) < 4.78 is 2.27. The van der Waals surface area contributed by atoms with E-state index in [0.29, 0.717) is 0 Å². The molecule has 162 valence electrons. The maximum atomic E-state index is 5.28. The van der Waals surface area contributed by atoms with E-state index in [-0.39, 0.29) is 0 Å². The molecule has 0 fully saturated rings. The summed E-state index contributed by atoms with van der Waals surface area (Å²) in [5.74, 6) is 0. The molecule has 7 aromatic rings. The number of benzene rings is 3. The van der Waals surface area contributed by atoms with Crippen LogP contribution in [0.5, 0.6) is 0 Å². The molecule has 0 spiro atoms. The van der Waals surface area contributed by atoms with Crippen molar-refractivity contribution in [2.24, 2.45) is 0 Å². The Hall–Kier alpha value is -4.57. The van der Waals surface area contributed by atoms with E-state index >= 15 is 0 Å². The van der Waals surface area contributed by atoms with Gasteiger partial charge in [-0.1, -0.05) is 42.5 Å². The Morgan fingerprint density at radius 3 is 2.51 bits per heavy atom. The van der Waals surface area contributed by atoms with E-state index in [0.717, 1.165) is 51.3 Å². The van der Waals surface area contributed by atoms with Gasteiger partial charge in [0.05, 0.1) is 22.1 Å².